The molecule has 6 heteroatoms. The zero-order valence-corrected chi connectivity index (χ0v) is 23.3. The number of nitrogens with one attached hydrogen (secondary N) is 2. The Hall–Kier alpha value is -4.00. The summed E-state index contributed by atoms with van der Waals surface area (Å²) in [5, 5.41) is 11.8. The van der Waals surface area contributed by atoms with Crippen LogP contribution in [0.5, 0.6) is 0 Å². The van der Waals surface area contributed by atoms with Gasteiger partial charge in [-0.2, -0.15) is 5.10 Å². The van der Waals surface area contributed by atoms with Gasteiger partial charge < -0.3 is 10.1 Å². The smallest absolute Gasteiger partial charge is 0.247 e. The monoisotopic (exact) mass is 544 g/mol. The summed E-state index contributed by atoms with van der Waals surface area (Å²) in [5.41, 5.74) is 7.77. The molecule has 7 rings (SSSR count). The Morgan fingerprint density at radius 2 is 1.76 bits per heavy atom. The molecule has 2 N–H and O–H groups in total. The molecule has 1 amide bonds. The molecule has 3 saturated heterocycles. The van der Waals surface area contributed by atoms with Gasteiger partial charge in [0, 0.05) is 36.6 Å². The van der Waals surface area contributed by atoms with Gasteiger partial charge in [-0.25, -0.2) is 0 Å². The molecule has 4 heterocycles. The Morgan fingerprint density at radius 1 is 0.951 bits per heavy atom. The normalized spacial score (nSPS) is 21.9. The molecule has 6 nitrogen and oxygen atoms in total. The van der Waals surface area contributed by atoms with Crippen molar-refractivity contribution in [2.75, 3.05) is 32.8 Å². The van der Waals surface area contributed by atoms with Crippen molar-refractivity contribution in [2.45, 2.75) is 31.7 Å². The number of H-pyrrole nitrogens is 1. The van der Waals surface area contributed by atoms with E-state index in [1.807, 2.05) is 24.3 Å². The second kappa shape index (κ2) is 11.1. The molecule has 0 saturated carbocycles. The Balaban J connectivity index is 1.01. The van der Waals surface area contributed by atoms with Gasteiger partial charge in [0.2, 0.25) is 5.91 Å². The van der Waals surface area contributed by atoms with Crippen molar-refractivity contribution in [1.82, 2.24) is 20.4 Å². The number of piperidine rings is 1. The Morgan fingerprint density at radius 3 is 2.54 bits per heavy atom. The van der Waals surface area contributed by atoms with E-state index in [2.05, 4.69) is 87.2 Å². The fourth-order valence-electron chi connectivity index (χ4n) is 6.57. The van der Waals surface area contributed by atoms with Gasteiger partial charge in [-0.15, -0.1) is 0 Å². The quantitative estimate of drug-likeness (QED) is 0.291. The summed E-state index contributed by atoms with van der Waals surface area (Å²) < 4.78 is 5.68. The van der Waals surface area contributed by atoms with Crippen molar-refractivity contribution in [3.05, 3.63) is 106 Å². The van der Waals surface area contributed by atoms with Gasteiger partial charge in [0.05, 0.1) is 17.8 Å². The maximum Gasteiger partial charge on any atom is 0.247 e. The highest BCUT2D eigenvalue weighted by Crippen LogP contribution is 2.39. The average molecular weight is 545 g/mol. The van der Waals surface area contributed by atoms with Crippen LogP contribution in [0.25, 0.3) is 29.1 Å². The molecular weight excluding hydrogens is 508 g/mol. The number of hydrogen-bond acceptors (Lipinski definition) is 4. The van der Waals surface area contributed by atoms with Gasteiger partial charge in [0.1, 0.15) is 0 Å². The summed E-state index contributed by atoms with van der Waals surface area (Å²) in [5.74, 6) is 0.0618. The van der Waals surface area contributed by atoms with Crippen LogP contribution in [-0.2, 0) is 16.1 Å². The number of carbonyl (C=O) groups excluding carboxylic acids is 1. The second-order valence-electron chi connectivity index (χ2n) is 11.8. The number of benzene rings is 3. The second-order valence-corrected chi connectivity index (χ2v) is 11.8. The van der Waals surface area contributed by atoms with Crippen LogP contribution in [0.4, 0.5) is 0 Å². The molecule has 41 heavy (non-hydrogen) atoms. The molecular formula is C35H36N4O2. The molecule has 3 aliphatic heterocycles. The first-order chi connectivity index (χ1) is 20.1. The third kappa shape index (κ3) is 5.50. The van der Waals surface area contributed by atoms with Crippen LogP contribution in [0.15, 0.2) is 78.4 Å². The van der Waals surface area contributed by atoms with E-state index in [0.29, 0.717) is 12.0 Å². The molecule has 1 unspecified atom stereocenters. The number of hydrogen-bond donors (Lipinski definition) is 2. The highest BCUT2D eigenvalue weighted by molar-refractivity contribution is 6.02. The molecule has 1 atom stereocenters. The predicted molar refractivity (Wildman–Crippen MR) is 164 cm³/mol. The minimum Gasteiger partial charge on any atom is -0.381 e. The van der Waals surface area contributed by atoms with Crippen LogP contribution < -0.4 is 5.32 Å². The van der Waals surface area contributed by atoms with E-state index in [9.17, 15) is 4.79 Å². The number of ether oxygens (including phenoxy) is 1. The number of fused-ring (bicyclic) bond motifs is 1. The van der Waals surface area contributed by atoms with E-state index < -0.39 is 0 Å². The van der Waals surface area contributed by atoms with Gasteiger partial charge in [0.25, 0.3) is 0 Å². The average Bonchev–Trinajstić information content (AvgIpc) is 3.74. The third-order valence-electron chi connectivity index (χ3n) is 9.17. The zero-order valence-electron chi connectivity index (χ0n) is 23.3. The lowest BCUT2D eigenvalue weighted by molar-refractivity contribution is -0.116. The van der Waals surface area contributed by atoms with Crippen molar-refractivity contribution in [3.63, 3.8) is 0 Å². The lowest BCUT2D eigenvalue weighted by Gasteiger charge is -2.38. The van der Waals surface area contributed by atoms with E-state index in [1.54, 1.807) is 0 Å². The maximum atomic E-state index is 12.6. The summed E-state index contributed by atoms with van der Waals surface area (Å²) in [6, 6.07) is 25.3. The summed E-state index contributed by atoms with van der Waals surface area (Å²) in [4.78, 5) is 15.2. The van der Waals surface area contributed by atoms with Crippen molar-refractivity contribution >= 4 is 35.0 Å². The summed E-state index contributed by atoms with van der Waals surface area (Å²) in [6.07, 6.45) is 9.94. The molecule has 4 aromatic rings. The fourth-order valence-corrected chi connectivity index (χ4v) is 6.57. The summed E-state index contributed by atoms with van der Waals surface area (Å²) in [7, 11) is 0. The highest BCUT2D eigenvalue weighted by Gasteiger charge is 2.37. The topological polar surface area (TPSA) is 70.2 Å². The van der Waals surface area contributed by atoms with Crippen molar-refractivity contribution in [3.8, 4) is 0 Å². The van der Waals surface area contributed by atoms with Gasteiger partial charge in [-0.05, 0) is 84.3 Å². The van der Waals surface area contributed by atoms with E-state index in [0.717, 1.165) is 71.7 Å². The lowest BCUT2D eigenvalue weighted by atomic mass is 9.78. The Labute approximate surface area is 241 Å². The molecule has 208 valence electrons. The minimum absolute atomic E-state index is 0.00157. The van der Waals surface area contributed by atoms with Crippen molar-refractivity contribution < 1.29 is 9.53 Å². The van der Waals surface area contributed by atoms with Crippen LogP contribution in [0.1, 0.15) is 53.1 Å². The van der Waals surface area contributed by atoms with Crippen LogP contribution in [-0.4, -0.2) is 53.9 Å². The van der Waals surface area contributed by atoms with E-state index in [-0.39, 0.29) is 11.8 Å². The van der Waals surface area contributed by atoms with Gasteiger partial charge in [0.15, 0.2) is 0 Å². The fraction of sp³-hybridized carbons (Fsp3) is 0.314. The van der Waals surface area contributed by atoms with Crippen LogP contribution in [0.3, 0.4) is 0 Å². The largest absolute Gasteiger partial charge is 0.381 e. The van der Waals surface area contributed by atoms with Crippen molar-refractivity contribution in [1.29, 1.82) is 0 Å². The molecule has 0 radical (unpaired) electrons. The minimum atomic E-state index is 0.00157. The predicted octanol–water partition coefficient (Wildman–Crippen LogP) is 6.03. The number of aromatic nitrogens is 2. The molecule has 3 aliphatic rings. The number of aromatic amines is 1. The molecule has 1 aromatic heterocycles. The van der Waals surface area contributed by atoms with E-state index in [1.165, 1.54) is 24.8 Å². The third-order valence-corrected chi connectivity index (χ3v) is 9.17. The van der Waals surface area contributed by atoms with Crippen LogP contribution in [0.2, 0.25) is 0 Å². The van der Waals surface area contributed by atoms with Crippen LogP contribution >= 0.6 is 0 Å². The first kappa shape index (κ1) is 25.9. The van der Waals surface area contributed by atoms with E-state index in [4.69, 9.17) is 4.74 Å². The number of rotatable bonds is 6. The molecule has 3 fully saturated rings. The van der Waals surface area contributed by atoms with Gasteiger partial charge in [-0.1, -0.05) is 66.7 Å². The van der Waals surface area contributed by atoms with Crippen LogP contribution in [0, 0.1) is 5.41 Å². The van der Waals surface area contributed by atoms with Gasteiger partial charge in [-0.3, -0.25) is 14.8 Å². The lowest BCUT2D eigenvalue weighted by Crippen LogP contribution is -2.39. The number of amides is 1. The Kier molecular flexibility index (Phi) is 7.03. The Bertz CT molecular complexity index is 1590. The first-order valence-electron chi connectivity index (χ1n) is 14.7. The number of nitrogens with zero attached hydrogens (tertiary/aromatic N) is 2. The summed E-state index contributed by atoms with van der Waals surface area (Å²) in [6.45, 7) is 5.87. The van der Waals surface area contributed by atoms with Gasteiger partial charge >= 0.3 is 0 Å². The zero-order chi connectivity index (χ0) is 27.6. The number of likely N-dealkylation sites (tertiary alicyclic amines) is 1. The molecule has 3 aromatic carbocycles. The molecule has 0 bridgehead atoms. The number of carbonyl (C=O) groups is 1. The van der Waals surface area contributed by atoms with E-state index >= 15 is 0 Å². The SMILES string of the molecule is O=C1NCC(c2ccccc2)C1=Cc1ccc2c(/C=C/c3ccc(CN4CCC5(CCOC5)CC4)cc3)n[nH]c2c1. The maximum absolute atomic E-state index is 12.6. The highest BCUT2D eigenvalue weighted by atomic mass is 16.5. The standard InChI is InChI=1S/C35H36N4O2/c40-34-30(31(22-36-34)28-4-2-1-3-5-28)20-27-10-12-29-32(37-38-33(29)21-27)13-11-25-6-8-26(9-7-25)23-39-17-14-35(15-18-39)16-19-41-24-35/h1-13,20-21,31H,14-19,22-24H2,(H,36,40)(H,37,38)/b13-11+,30-20?. The van der Waals surface area contributed by atoms with Crippen molar-refractivity contribution in [2.24, 2.45) is 5.41 Å². The first-order valence-corrected chi connectivity index (χ1v) is 14.7. The molecule has 1 spiro atoms. The molecule has 0 aliphatic carbocycles. The summed E-state index contributed by atoms with van der Waals surface area (Å²) >= 11 is 0.